The molecule has 2 rings (SSSR count). The first-order chi connectivity index (χ1) is 9.81. The first-order valence-corrected chi connectivity index (χ1v) is 9.27. The molecule has 1 aliphatic heterocycles. The quantitative estimate of drug-likeness (QED) is 0.899. The van der Waals surface area contributed by atoms with Gasteiger partial charge in [-0.1, -0.05) is 37.6 Å². The molecule has 1 aromatic rings. The maximum atomic E-state index is 12.3. The van der Waals surface area contributed by atoms with Crippen molar-refractivity contribution in [1.82, 2.24) is 4.90 Å². The molecule has 0 aliphatic carbocycles. The van der Waals surface area contributed by atoms with Gasteiger partial charge in [0.25, 0.3) is 0 Å². The van der Waals surface area contributed by atoms with E-state index in [1.165, 1.54) is 0 Å². The zero-order chi connectivity index (χ0) is 15.7. The van der Waals surface area contributed by atoms with E-state index in [1.54, 1.807) is 13.0 Å². The second-order valence-electron chi connectivity index (χ2n) is 6.11. The number of sulfone groups is 1. The van der Waals surface area contributed by atoms with Crippen LogP contribution in [0, 0.1) is 5.41 Å². The van der Waals surface area contributed by atoms with Gasteiger partial charge in [-0.15, -0.1) is 0 Å². The van der Waals surface area contributed by atoms with Gasteiger partial charge in [-0.3, -0.25) is 4.90 Å². The number of hydrogen-bond acceptors (Lipinski definition) is 4. The minimum atomic E-state index is -3.32. The average Bonchev–Trinajstić information content (AvgIpc) is 2.81. The zero-order valence-corrected chi connectivity index (χ0v) is 14.2. The SMILES string of the molecule is CCS(=O)(=O)c1c(Cl)cccc1CN1CCC(C)(CN)C1. The first kappa shape index (κ1) is 16.7. The van der Waals surface area contributed by atoms with Gasteiger partial charge in [0.15, 0.2) is 9.84 Å². The van der Waals surface area contributed by atoms with E-state index in [2.05, 4.69) is 11.8 Å². The fourth-order valence-corrected chi connectivity index (χ4v) is 4.57. The molecule has 0 aromatic heterocycles. The summed E-state index contributed by atoms with van der Waals surface area (Å²) in [6.07, 6.45) is 1.04. The Kier molecular flexibility index (Phi) is 4.98. The molecule has 0 radical (unpaired) electrons. The molecule has 1 heterocycles. The summed E-state index contributed by atoms with van der Waals surface area (Å²) < 4.78 is 24.6. The minimum absolute atomic E-state index is 0.0598. The van der Waals surface area contributed by atoms with Crippen LogP contribution in [0.5, 0.6) is 0 Å². The van der Waals surface area contributed by atoms with Crippen molar-refractivity contribution in [3.05, 3.63) is 28.8 Å². The monoisotopic (exact) mass is 330 g/mol. The van der Waals surface area contributed by atoms with Gasteiger partial charge in [0, 0.05) is 13.1 Å². The molecule has 0 amide bonds. The zero-order valence-electron chi connectivity index (χ0n) is 12.6. The van der Waals surface area contributed by atoms with Crippen LogP contribution in [0.2, 0.25) is 5.02 Å². The van der Waals surface area contributed by atoms with E-state index < -0.39 is 9.84 Å². The van der Waals surface area contributed by atoms with Gasteiger partial charge in [0.1, 0.15) is 0 Å². The van der Waals surface area contributed by atoms with Crippen LogP contribution in [-0.2, 0) is 16.4 Å². The molecule has 1 aliphatic rings. The lowest BCUT2D eigenvalue weighted by Crippen LogP contribution is -2.31. The molecular weight excluding hydrogens is 308 g/mol. The van der Waals surface area contributed by atoms with E-state index in [4.69, 9.17) is 17.3 Å². The Morgan fingerprint density at radius 3 is 2.71 bits per heavy atom. The van der Waals surface area contributed by atoms with Gasteiger partial charge >= 0.3 is 0 Å². The Labute approximate surface area is 132 Å². The van der Waals surface area contributed by atoms with E-state index in [0.717, 1.165) is 25.1 Å². The third-order valence-electron chi connectivity index (χ3n) is 4.26. The Bertz CT molecular complexity index is 618. The molecule has 4 nitrogen and oxygen atoms in total. The number of hydrogen-bond donors (Lipinski definition) is 1. The Morgan fingerprint density at radius 2 is 2.14 bits per heavy atom. The Balaban J connectivity index is 2.28. The van der Waals surface area contributed by atoms with E-state index in [0.29, 0.717) is 18.1 Å². The van der Waals surface area contributed by atoms with Crippen LogP contribution in [0.15, 0.2) is 23.1 Å². The molecule has 0 spiro atoms. The number of likely N-dealkylation sites (tertiary alicyclic amines) is 1. The molecule has 0 bridgehead atoms. The smallest absolute Gasteiger partial charge is 0.179 e. The highest BCUT2D eigenvalue weighted by Gasteiger charge is 2.33. The fourth-order valence-electron chi connectivity index (χ4n) is 2.84. The number of nitrogens with zero attached hydrogens (tertiary/aromatic N) is 1. The summed E-state index contributed by atoms with van der Waals surface area (Å²) in [6, 6.07) is 5.30. The molecule has 1 aromatic carbocycles. The highest BCUT2D eigenvalue weighted by Crippen LogP contribution is 2.32. The Hall–Kier alpha value is -0.620. The summed E-state index contributed by atoms with van der Waals surface area (Å²) >= 11 is 6.14. The van der Waals surface area contributed by atoms with E-state index in [1.807, 2.05) is 12.1 Å². The van der Waals surface area contributed by atoms with Crippen LogP contribution in [0.25, 0.3) is 0 Å². The third-order valence-corrected chi connectivity index (χ3v) is 6.55. The van der Waals surface area contributed by atoms with Gasteiger partial charge in [0.05, 0.1) is 15.7 Å². The summed E-state index contributed by atoms with van der Waals surface area (Å²) in [5.74, 6) is 0.0598. The van der Waals surface area contributed by atoms with Gasteiger partial charge < -0.3 is 5.73 Å². The van der Waals surface area contributed by atoms with Gasteiger partial charge in [-0.25, -0.2) is 8.42 Å². The molecule has 118 valence electrons. The topological polar surface area (TPSA) is 63.4 Å². The molecule has 1 unspecified atom stereocenters. The van der Waals surface area contributed by atoms with Crippen LogP contribution in [-0.4, -0.2) is 38.7 Å². The normalized spacial score (nSPS) is 23.6. The van der Waals surface area contributed by atoms with Crippen LogP contribution in [0.4, 0.5) is 0 Å². The van der Waals surface area contributed by atoms with Crippen LogP contribution in [0.3, 0.4) is 0 Å². The largest absolute Gasteiger partial charge is 0.330 e. The second-order valence-corrected chi connectivity index (χ2v) is 8.73. The summed E-state index contributed by atoms with van der Waals surface area (Å²) in [7, 11) is -3.32. The maximum Gasteiger partial charge on any atom is 0.179 e. The first-order valence-electron chi connectivity index (χ1n) is 7.24. The third kappa shape index (κ3) is 3.59. The van der Waals surface area contributed by atoms with Crippen molar-refractivity contribution >= 4 is 21.4 Å². The molecule has 1 fully saturated rings. The van der Waals surface area contributed by atoms with E-state index in [9.17, 15) is 8.42 Å². The van der Waals surface area contributed by atoms with E-state index >= 15 is 0 Å². The standard InChI is InChI=1S/C15H23ClN2O2S/c1-3-21(19,20)14-12(5-4-6-13(14)16)9-18-8-7-15(2,10-17)11-18/h4-6H,3,7-11,17H2,1-2H3. The molecule has 2 N–H and O–H groups in total. The summed E-state index contributed by atoms with van der Waals surface area (Å²) in [6.45, 7) is 6.90. The lowest BCUT2D eigenvalue weighted by Gasteiger charge is -2.23. The van der Waals surface area contributed by atoms with Crippen LogP contribution in [0.1, 0.15) is 25.8 Å². The van der Waals surface area contributed by atoms with Crippen LogP contribution >= 0.6 is 11.6 Å². The van der Waals surface area contributed by atoms with Crippen molar-refractivity contribution in [3.63, 3.8) is 0 Å². The van der Waals surface area contributed by atoms with Gasteiger partial charge in [-0.05, 0) is 36.6 Å². The highest BCUT2D eigenvalue weighted by molar-refractivity contribution is 7.91. The summed E-state index contributed by atoms with van der Waals surface area (Å²) in [4.78, 5) is 2.54. The number of benzene rings is 1. The van der Waals surface area contributed by atoms with Crippen molar-refractivity contribution in [3.8, 4) is 0 Å². The molecule has 1 atom stereocenters. The van der Waals surface area contributed by atoms with Gasteiger partial charge in [0.2, 0.25) is 0 Å². The molecular formula is C15H23ClN2O2S. The number of rotatable bonds is 5. The minimum Gasteiger partial charge on any atom is -0.330 e. The predicted molar refractivity (Wildman–Crippen MR) is 86.2 cm³/mol. The van der Waals surface area contributed by atoms with Crippen molar-refractivity contribution in [2.24, 2.45) is 11.1 Å². The maximum absolute atomic E-state index is 12.3. The number of halogens is 1. The lowest BCUT2D eigenvalue weighted by atomic mass is 9.90. The fraction of sp³-hybridized carbons (Fsp3) is 0.600. The molecule has 21 heavy (non-hydrogen) atoms. The second kappa shape index (κ2) is 6.24. The lowest BCUT2D eigenvalue weighted by molar-refractivity contribution is 0.273. The Morgan fingerprint density at radius 1 is 1.43 bits per heavy atom. The highest BCUT2D eigenvalue weighted by atomic mass is 35.5. The van der Waals surface area contributed by atoms with Crippen molar-refractivity contribution in [2.45, 2.75) is 31.7 Å². The molecule has 0 saturated carbocycles. The average molecular weight is 331 g/mol. The van der Waals surface area contributed by atoms with Gasteiger partial charge in [-0.2, -0.15) is 0 Å². The van der Waals surface area contributed by atoms with Crippen molar-refractivity contribution in [2.75, 3.05) is 25.4 Å². The van der Waals surface area contributed by atoms with Crippen LogP contribution < -0.4 is 5.73 Å². The predicted octanol–water partition coefficient (Wildman–Crippen LogP) is 2.30. The van der Waals surface area contributed by atoms with E-state index in [-0.39, 0.29) is 16.1 Å². The molecule has 6 heteroatoms. The number of nitrogens with two attached hydrogens (primary N) is 1. The summed E-state index contributed by atoms with van der Waals surface area (Å²) in [5.41, 5.74) is 6.74. The van der Waals surface area contributed by atoms with Crippen molar-refractivity contribution < 1.29 is 8.42 Å². The van der Waals surface area contributed by atoms with Crippen molar-refractivity contribution in [1.29, 1.82) is 0 Å². The molecule has 1 saturated heterocycles. The summed E-state index contributed by atoms with van der Waals surface area (Å²) in [5, 5.41) is 0.315.